The Kier molecular flexibility index (Phi) is 3.92. The molecule has 106 valence electrons. The highest BCUT2D eigenvalue weighted by Crippen LogP contribution is 2.29. The first-order valence-corrected chi connectivity index (χ1v) is 7.37. The molecule has 4 nitrogen and oxygen atoms in total. The summed E-state index contributed by atoms with van der Waals surface area (Å²) in [6.07, 6.45) is 1.32. The Morgan fingerprint density at radius 2 is 2.05 bits per heavy atom. The summed E-state index contributed by atoms with van der Waals surface area (Å²) in [5.41, 5.74) is 0.195. The van der Waals surface area contributed by atoms with Crippen molar-refractivity contribution in [3.63, 3.8) is 0 Å². The van der Waals surface area contributed by atoms with Crippen LogP contribution in [0, 0.1) is 0 Å². The number of benzene rings is 2. The summed E-state index contributed by atoms with van der Waals surface area (Å²) in [5, 5.41) is 2.76. The van der Waals surface area contributed by atoms with Crippen LogP contribution < -0.4 is 0 Å². The van der Waals surface area contributed by atoms with Gasteiger partial charge in [0, 0.05) is 4.90 Å². The van der Waals surface area contributed by atoms with Gasteiger partial charge in [-0.1, -0.05) is 30.3 Å². The van der Waals surface area contributed by atoms with Crippen LogP contribution in [0.3, 0.4) is 0 Å². The number of esters is 1. The van der Waals surface area contributed by atoms with Crippen molar-refractivity contribution in [2.45, 2.75) is 17.0 Å². The number of hydrogen-bond acceptors (Lipinski definition) is 5. The van der Waals surface area contributed by atoms with Crippen LogP contribution >= 0.6 is 11.8 Å². The van der Waals surface area contributed by atoms with Gasteiger partial charge in [-0.15, -0.1) is 0 Å². The molecule has 0 aliphatic carbocycles. The highest BCUT2D eigenvalue weighted by molar-refractivity contribution is 7.99. The van der Waals surface area contributed by atoms with Crippen LogP contribution in [0.1, 0.15) is 17.4 Å². The Balaban J connectivity index is 1.80. The lowest BCUT2D eigenvalue weighted by atomic mass is 10.1. The number of nitrogens with zero attached hydrogens (tertiary/aromatic N) is 1. The summed E-state index contributed by atoms with van der Waals surface area (Å²) in [5.74, 6) is -0.466. The molecule has 3 aromatic rings. The fourth-order valence-corrected chi connectivity index (χ4v) is 2.70. The van der Waals surface area contributed by atoms with Crippen molar-refractivity contribution in [2.75, 3.05) is 6.61 Å². The number of aromatic nitrogens is 1. The molecule has 0 N–H and O–H groups in total. The van der Waals surface area contributed by atoms with Crippen LogP contribution in [0.5, 0.6) is 0 Å². The first-order chi connectivity index (χ1) is 10.3. The molecule has 0 saturated carbocycles. The van der Waals surface area contributed by atoms with Gasteiger partial charge in [0.15, 0.2) is 5.69 Å². The van der Waals surface area contributed by atoms with Crippen LogP contribution in [0.2, 0.25) is 0 Å². The Bertz CT molecular complexity index is 782. The molecule has 0 bridgehead atoms. The molecule has 0 spiro atoms. The second-order valence-corrected chi connectivity index (χ2v) is 5.35. The number of ether oxygens (including phenoxy) is 1. The summed E-state index contributed by atoms with van der Waals surface area (Å²) in [7, 11) is 0. The zero-order valence-electron chi connectivity index (χ0n) is 11.4. The van der Waals surface area contributed by atoms with Gasteiger partial charge in [-0.25, -0.2) is 4.79 Å². The lowest BCUT2D eigenvalue weighted by Gasteiger charge is -2.00. The van der Waals surface area contributed by atoms with Crippen molar-refractivity contribution >= 4 is 28.5 Å². The lowest BCUT2D eigenvalue weighted by Crippen LogP contribution is -2.04. The molecular weight excluding hydrogens is 286 g/mol. The number of carbonyl (C=O) groups excluding carboxylic acids is 1. The van der Waals surface area contributed by atoms with E-state index in [-0.39, 0.29) is 5.69 Å². The summed E-state index contributed by atoms with van der Waals surface area (Å²) >= 11 is 1.37. The minimum Gasteiger partial charge on any atom is -0.461 e. The van der Waals surface area contributed by atoms with E-state index < -0.39 is 5.97 Å². The third-order valence-corrected chi connectivity index (χ3v) is 3.75. The summed E-state index contributed by atoms with van der Waals surface area (Å²) in [6.45, 7) is 2.07. The quantitative estimate of drug-likeness (QED) is 0.677. The molecule has 0 amide bonds. The number of hydrogen-bond donors (Lipinski definition) is 0. The van der Waals surface area contributed by atoms with Gasteiger partial charge in [0.1, 0.15) is 6.26 Å². The average molecular weight is 299 g/mol. The van der Waals surface area contributed by atoms with E-state index in [0.29, 0.717) is 11.8 Å². The van der Waals surface area contributed by atoms with E-state index in [1.54, 1.807) is 6.92 Å². The van der Waals surface area contributed by atoms with E-state index in [4.69, 9.17) is 9.15 Å². The molecule has 0 radical (unpaired) electrons. The van der Waals surface area contributed by atoms with Crippen LogP contribution in [-0.2, 0) is 4.74 Å². The van der Waals surface area contributed by atoms with E-state index in [1.165, 1.54) is 23.4 Å². The third kappa shape index (κ3) is 3.08. The summed E-state index contributed by atoms with van der Waals surface area (Å²) < 4.78 is 10.2. The van der Waals surface area contributed by atoms with Crippen LogP contribution in [0.25, 0.3) is 10.8 Å². The second-order valence-electron chi connectivity index (χ2n) is 4.33. The van der Waals surface area contributed by atoms with Gasteiger partial charge in [-0.05, 0) is 41.6 Å². The van der Waals surface area contributed by atoms with Crippen molar-refractivity contribution in [1.82, 2.24) is 4.98 Å². The highest BCUT2D eigenvalue weighted by Gasteiger charge is 2.13. The highest BCUT2D eigenvalue weighted by atomic mass is 32.2. The maximum absolute atomic E-state index is 11.5. The van der Waals surface area contributed by atoms with Crippen molar-refractivity contribution in [3.05, 3.63) is 54.4 Å². The van der Waals surface area contributed by atoms with Crippen LogP contribution in [-0.4, -0.2) is 17.6 Å². The Morgan fingerprint density at radius 3 is 2.86 bits per heavy atom. The number of oxazole rings is 1. The fraction of sp³-hybridized carbons (Fsp3) is 0.125. The third-order valence-electron chi connectivity index (χ3n) is 2.89. The Hall–Kier alpha value is -2.27. The van der Waals surface area contributed by atoms with Gasteiger partial charge in [-0.2, -0.15) is 4.98 Å². The topological polar surface area (TPSA) is 52.3 Å². The molecule has 1 heterocycles. The fourth-order valence-electron chi connectivity index (χ4n) is 1.93. The van der Waals surface area contributed by atoms with Gasteiger partial charge in [-0.3, -0.25) is 0 Å². The Morgan fingerprint density at radius 1 is 1.24 bits per heavy atom. The minimum absolute atomic E-state index is 0.195. The van der Waals surface area contributed by atoms with E-state index in [9.17, 15) is 4.79 Å². The van der Waals surface area contributed by atoms with E-state index >= 15 is 0 Å². The largest absolute Gasteiger partial charge is 0.461 e. The second kappa shape index (κ2) is 6.01. The van der Waals surface area contributed by atoms with E-state index in [1.807, 2.05) is 24.3 Å². The van der Waals surface area contributed by atoms with E-state index in [2.05, 4.69) is 23.2 Å². The first-order valence-electron chi connectivity index (χ1n) is 6.55. The molecule has 0 aliphatic rings. The molecule has 5 heteroatoms. The predicted octanol–water partition coefficient (Wildman–Crippen LogP) is 4.16. The van der Waals surface area contributed by atoms with E-state index in [0.717, 1.165) is 10.3 Å². The molecule has 21 heavy (non-hydrogen) atoms. The maximum atomic E-state index is 11.5. The summed E-state index contributed by atoms with van der Waals surface area (Å²) in [6, 6.07) is 14.2. The van der Waals surface area contributed by atoms with Crippen LogP contribution in [0.15, 0.2) is 63.3 Å². The van der Waals surface area contributed by atoms with Gasteiger partial charge >= 0.3 is 5.97 Å². The molecule has 0 fully saturated rings. The molecule has 0 unspecified atom stereocenters. The molecule has 2 aromatic carbocycles. The van der Waals surface area contributed by atoms with Crippen molar-refractivity contribution < 1.29 is 13.9 Å². The van der Waals surface area contributed by atoms with Crippen LogP contribution in [0.4, 0.5) is 0 Å². The van der Waals surface area contributed by atoms with Gasteiger partial charge in [0.25, 0.3) is 5.22 Å². The Labute approximate surface area is 126 Å². The monoisotopic (exact) mass is 299 g/mol. The zero-order chi connectivity index (χ0) is 14.7. The number of carbonyl (C=O) groups is 1. The van der Waals surface area contributed by atoms with Crippen molar-refractivity contribution in [1.29, 1.82) is 0 Å². The number of fused-ring (bicyclic) bond motifs is 1. The number of rotatable bonds is 4. The minimum atomic E-state index is -0.466. The van der Waals surface area contributed by atoms with Gasteiger partial charge < -0.3 is 9.15 Å². The average Bonchev–Trinajstić information content (AvgIpc) is 2.96. The molecule has 0 saturated heterocycles. The zero-order valence-corrected chi connectivity index (χ0v) is 12.2. The SMILES string of the molecule is CCOC(=O)c1coc(Sc2ccc3ccccc3c2)n1. The molecular formula is C16H13NO3S. The predicted molar refractivity (Wildman–Crippen MR) is 80.5 cm³/mol. The maximum Gasteiger partial charge on any atom is 0.360 e. The van der Waals surface area contributed by atoms with Gasteiger partial charge in [0.05, 0.1) is 6.61 Å². The molecule has 0 aliphatic heterocycles. The first kappa shape index (κ1) is 13.7. The standard InChI is InChI=1S/C16H13NO3S/c1-2-19-15(18)14-10-20-16(17-14)21-13-8-7-11-5-3-4-6-12(11)9-13/h3-10H,2H2,1H3. The molecule has 3 rings (SSSR count). The smallest absolute Gasteiger partial charge is 0.360 e. The lowest BCUT2D eigenvalue weighted by molar-refractivity contribution is 0.0519. The molecule has 0 atom stereocenters. The van der Waals surface area contributed by atoms with Crippen molar-refractivity contribution in [2.24, 2.45) is 0 Å². The normalized spacial score (nSPS) is 10.7. The van der Waals surface area contributed by atoms with Crippen molar-refractivity contribution in [3.8, 4) is 0 Å². The van der Waals surface area contributed by atoms with Gasteiger partial charge in [0.2, 0.25) is 0 Å². The molecule has 1 aromatic heterocycles. The summed E-state index contributed by atoms with van der Waals surface area (Å²) in [4.78, 5) is 16.7.